The summed E-state index contributed by atoms with van der Waals surface area (Å²) >= 11 is 0. The van der Waals surface area contributed by atoms with Gasteiger partial charge in [0.25, 0.3) is 0 Å². The highest BCUT2D eigenvalue weighted by molar-refractivity contribution is 5.30. The van der Waals surface area contributed by atoms with Crippen LogP contribution in [0, 0.1) is 11.8 Å². The van der Waals surface area contributed by atoms with Crippen molar-refractivity contribution in [3.05, 3.63) is 29.8 Å². The first-order chi connectivity index (χ1) is 10.4. The maximum absolute atomic E-state index is 12.7. The molecule has 1 fully saturated rings. The highest BCUT2D eigenvalue weighted by Crippen LogP contribution is 2.32. The summed E-state index contributed by atoms with van der Waals surface area (Å²) in [5.74, 6) is 0.473. The lowest BCUT2D eigenvalue weighted by Crippen LogP contribution is -2.28. The fourth-order valence-electron chi connectivity index (χ4n) is 2.84. The third-order valence-electron chi connectivity index (χ3n) is 4.28. The molecule has 0 aliphatic carbocycles. The van der Waals surface area contributed by atoms with Gasteiger partial charge in [0.15, 0.2) is 0 Å². The molecule has 2 unspecified atom stereocenters. The third-order valence-corrected chi connectivity index (χ3v) is 4.28. The Morgan fingerprint density at radius 2 is 2.18 bits per heavy atom. The number of hydrogen-bond donors (Lipinski definition) is 1. The van der Waals surface area contributed by atoms with Crippen LogP contribution in [-0.2, 0) is 6.18 Å². The molecule has 0 amide bonds. The quantitative estimate of drug-likeness (QED) is 0.875. The minimum absolute atomic E-state index is 0.0127. The highest BCUT2D eigenvalue weighted by Gasteiger charge is 2.31. The molecule has 3 nitrogen and oxygen atoms in total. The number of alkyl halides is 3. The molecule has 1 aliphatic rings. The zero-order chi connectivity index (χ0) is 16.2. The number of halogens is 3. The summed E-state index contributed by atoms with van der Waals surface area (Å²) in [5.41, 5.74) is -0.719. The summed E-state index contributed by atoms with van der Waals surface area (Å²) in [6.45, 7) is 5.20. The van der Waals surface area contributed by atoms with Gasteiger partial charge in [-0.25, -0.2) is 0 Å². The second-order valence-electron chi connectivity index (χ2n) is 5.72. The van der Waals surface area contributed by atoms with Gasteiger partial charge < -0.3 is 14.7 Å². The van der Waals surface area contributed by atoms with Gasteiger partial charge >= 0.3 is 6.18 Å². The van der Waals surface area contributed by atoms with Crippen LogP contribution in [0.15, 0.2) is 24.3 Å². The second-order valence-corrected chi connectivity index (χ2v) is 5.72. The van der Waals surface area contributed by atoms with Crippen molar-refractivity contribution in [2.24, 2.45) is 11.8 Å². The smallest absolute Gasteiger partial charge is 0.416 e. The molecular weight excluding hydrogens is 295 g/mol. The number of likely N-dealkylation sites (tertiary alicyclic amines) is 1. The molecule has 1 aromatic rings. The minimum Gasteiger partial charge on any atom is -0.493 e. The number of nitrogens with zero attached hydrogens (tertiary/aromatic N) is 1. The van der Waals surface area contributed by atoms with E-state index >= 15 is 0 Å². The third kappa shape index (κ3) is 4.36. The van der Waals surface area contributed by atoms with E-state index in [9.17, 15) is 18.3 Å². The average molecular weight is 317 g/mol. The van der Waals surface area contributed by atoms with Crippen molar-refractivity contribution in [2.75, 3.05) is 32.8 Å². The number of benzene rings is 1. The first-order valence-electron chi connectivity index (χ1n) is 7.57. The molecule has 6 heteroatoms. The predicted molar refractivity (Wildman–Crippen MR) is 77.7 cm³/mol. The molecular formula is C16H22F3NO2. The van der Waals surface area contributed by atoms with E-state index in [1.165, 1.54) is 12.1 Å². The molecule has 1 heterocycles. The fourth-order valence-corrected chi connectivity index (χ4v) is 2.84. The van der Waals surface area contributed by atoms with Gasteiger partial charge in [0.1, 0.15) is 5.75 Å². The van der Waals surface area contributed by atoms with E-state index in [-0.39, 0.29) is 24.9 Å². The molecule has 1 saturated heterocycles. The molecule has 22 heavy (non-hydrogen) atoms. The molecule has 2 atom stereocenters. The van der Waals surface area contributed by atoms with Crippen molar-refractivity contribution >= 4 is 0 Å². The van der Waals surface area contributed by atoms with E-state index < -0.39 is 11.7 Å². The maximum Gasteiger partial charge on any atom is 0.416 e. The van der Waals surface area contributed by atoms with Crippen LogP contribution in [0.5, 0.6) is 5.75 Å². The lowest BCUT2D eigenvalue weighted by Gasteiger charge is -2.22. The van der Waals surface area contributed by atoms with Crippen molar-refractivity contribution in [2.45, 2.75) is 19.5 Å². The summed E-state index contributed by atoms with van der Waals surface area (Å²) in [4.78, 5) is 2.30. The van der Waals surface area contributed by atoms with Crippen LogP contribution in [0.4, 0.5) is 13.2 Å². The van der Waals surface area contributed by atoms with Gasteiger partial charge in [-0.1, -0.05) is 13.0 Å². The van der Waals surface area contributed by atoms with Gasteiger partial charge in [0.05, 0.1) is 12.2 Å². The lowest BCUT2D eigenvalue weighted by molar-refractivity contribution is -0.137. The van der Waals surface area contributed by atoms with Crippen LogP contribution in [0.25, 0.3) is 0 Å². The summed E-state index contributed by atoms with van der Waals surface area (Å²) < 4.78 is 43.5. The Balaban J connectivity index is 1.93. The van der Waals surface area contributed by atoms with Crippen molar-refractivity contribution in [1.29, 1.82) is 0 Å². The van der Waals surface area contributed by atoms with E-state index in [2.05, 4.69) is 11.8 Å². The van der Waals surface area contributed by atoms with E-state index in [1.807, 2.05) is 0 Å². The Bertz CT molecular complexity index is 479. The van der Waals surface area contributed by atoms with Crippen LogP contribution in [-0.4, -0.2) is 42.9 Å². The average Bonchev–Trinajstić information content (AvgIpc) is 2.96. The van der Waals surface area contributed by atoms with Crippen molar-refractivity contribution in [3.63, 3.8) is 0 Å². The molecule has 0 radical (unpaired) electrons. The van der Waals surface area contributed by atoms with Gasteiger partial charge in [0.2, 0.25) is 0 Å². The normalized spacial score (nSPS) is 21.0. The Kier molecular flexibility index (Phi) is 5.69. The molecule has 1 aliphatic heterocycles. The lowest BCUT2D eigenvalue weighted by atomic mass is 9.93. The zero-order valence-electron chi connectivity index (χ0n) is 12.6. The van der Waals surface area contributed by atoms with Crippen LogP contribution >= 0.6 is 0 Å². The number of hydrogen-bond acceptors (Lipinski definition) is 3. The van der Waals surface area contributed by atoms with E-state index in [0.29, 0.717) is 5.92 Å². The highest BCUT2D eigenvalue weighted by atomic mass is 19.4. The minimum atomic E-state index is -4.37. The summed E-state index contributed by atoms with van der Waals surface area (Å²) in [7, 11) is 0. The van der Waals surface area contributed by atoms with Crippen molar-refractivity contribution in [3.8, 4) is 5.75 Å². The second kappa shape index (κ2) is 7.33. The zero-order valence-corrected chi connectivity index (χ0v) is 12.6. The van der Waals surface area contributed by atoms with Crippen LogP contribution in [0.3, 0.4) is 0 Å². The number of rotatable bonds is 6. The maximum atomic E-state index is 12.7. The summed E-state index contributed by atoms with van der Waals surface area (Å²) in [6, 6.07) is 4.87. The SMILES string of the molecule is CCN1CCC(C(CO)COc2cccc(C(F)(F)F)c2)C1. The standard InChI is InChI=1S/C16H22F3NO2/c1-2-20-7-6-12(9-20)13(10-21)11-22-15-5-3-4-14(8-15)16(17,18)19/h3-5,8,12-13,21H,2,6-7,9-11H2,1H3. The van der Waals surface area contributed by atoms with Crippen LogP contribution in [0.2, 0.25) is 0 Å². The van der Waals surface area contributed by atoms with Crippen molar-refractivity contribution in [1.82, 2.24) is 4.90 Å². The molecule has 1 aromatic carbocycles. The Morgan fingerprint density at radius 1 is 1.41 bits per heavy atom. The molecule has 0 spiro atoms. The monoisotopic (exact) mass is 317 g/mol. The fraction of sp³-hybridized carbons (Fsp3) is 0.625. The van der Waals surface area contributed by atoms with Gasteiger partial charge in [-0.15, -0.1) is 0 Å². The number of aliphatic hydroxyl groups is 1. The Hall–Kier alpha value is -1.27. The Morgan fingerprint density at radius 3 is 2.77 bits per heavy atom. The molecule has 0 bridgehead atoms. The molecule has 0 aromatic heterocycles. The first-order valence-corrected chi connectivity index (χ1v) is 7.57. The Labute approximate surface area is 128 Å². The van der Waals surface area contributed by atoms with Gasteiger partial charge in [-0.3, -0.25) is 0 Å². The number of ether oxygens (including phenoxy) is 1. The van der Waals surface area contributed by atoms with Gasteiger partial charge in [0, 0.05) is 19.1 Å². The topological polar surface area (TPSA) is 32.7 Å². The molecule has 1 N–H and O–H groups in total. The van der Waals surface area contributed by atoms with Crippen LogP contribution in [0.1, 0.15) is 18.9 Å². The van der Waals surface area contributed by atoms with Gasteiger partial charge in [-0.05, 0) is 43.6 Å². The predicted octanol–water partition coefficient (Wildman–Crippen LogP) is 3.03. The van der Waals surface area contributed by atoms with Gasteiger partial charge in [-0.2, -0.15) is 13.2 Å². The largest absolute Gasteiger partial charge is 0.493 e. The molecule has 124 valence electrons. The van der Waals surface area contributed by atoms with Crippen LogP contribution < -0.4 is 4.74 Å². The van der Waals surface area contributed by atoms with E-state index in [4.69, 9.17) is 4.74 Å². The summed E-state index contributed by atoms with van der Waals surface area (Å²) in [6.07, 6.45) is -3.38. The van der Waals surface area contributed by atoms with E-state index in [0.717, 1.165) is 38.2 Å². The molecule has 0 saturated carbocycles. The van der Waals surface area contributed by atoms with Crippen molar-refractivity contribution < 1.29 is 23.0 Å². The first kappa shape index (κ1) is 17.1. The molecule has 2 rings (SSSR count). The summed E-state index contributed by atoms with van der Waals surface area (Å²) in [5, 5.41) is 9.53. The number of aliphatic hydroxyl groups excluding tert-OH is 1. The van der Waals surface area contributed by atoms with E-state index in [1.54, 1.807) is 0 Å².